The summed E-state index contributed by atoms with van der Waals surface area (Å²) in [6.45, 7) is 3.54. The number of methoxy groups -OCH3 is 1. The van der Waals surface area contributed by atoms with Gasteiger partial charge in [0.15, 0.2) is 21.5 Å². The van der Waals surface area contributed by atoms with Crippen molar-refractivity contribution in [1.29, 1.82) is 0 Å². The normalized spacial score (nSPS) is 16.3. The van der Waals surface area contributed by atoms with Crippen LogP contribution in [0.4, 0.5) is 0 Å². The zero-order valence-electron chi connectivity index (χ0n) is 17.4. The molecule has 1 aliphatic rings. The third-order valence-electron chi connectivity index (χ3n) is 5.28. The average Bonchev–Trinajstić information content (AvgIpc) is 3.50. The Kier molecular flexibility index (Phi) is 6.05. The maximum atomic E-state index is 13.3. The van der Waals surface area contributed by atoms with Crippen LogP contribution in [0.1, 0.15) is 49.1 Å². The number of ether oxygens (including phenoxy) is 1. The average molecular weight is 463 g/mol. The molecule has 9 nitrogen and oxygen atoms in total. The van der Waals surface area contributed by atoms with E-state index >= 15 is 0 Å². The molecule has 0 aliphatic heterocycles. The summed E-state index contributed by atoms with van der Waals surface area (Å²) in [5.41, 5.74) is 1.82. The lowest BCUT2D eigenvalue weighted by molar-refractivity contribution is 0.0948. The zero-order chi connectivity index (χ0) is 22.2. The van der Waals surface area contributed by atoms with E-state index in [0.29, 0.717) is 16.7 Å². The molecule has 1 saturated carbocycles. The number of halogens is 1. The lowest BCUT2D eigenvalue weighted by Gasteiger charge is -2.21. The van der Waals surface area contributed by atoms with E-state index in [4.69, 9.17) is 16.3 Å². The summed E-state index contributed by atoms with van der Waals surface area (Å²) in [4.78, 5) is 12.5. The molecule has 1 aliphatic carbocycles. The largest absolute Gasteiger partial charge is 0.372 e. The smallest absolute Gasteiger partial charge is 0.165 e. The molecule has 2 atom stereocenters. The highest BCUT2D eigenvalue weighted by molar-refractivity contribution is 7.91. The lowest BCUT2D eigenvalue weighted by Crippen LogP contribution is -2.30. The second-order valence-corrected chi connectivity index (χ2v) is 10.5. The molecule has 4 rings (SSSR count). The van der Waals surface area contributed by atoms with Crippen LogP contribution in [0.2, 0.25) is 5.02 Å². The fourth-order valence-corrected chi connectivity index (χ4v) is 5.02. The standard InChI is InChI=1S/C20H23ClN6O3S/c1-12-6-14(8-22-7-12)20-26-25-17(27(20)16-4-5-16)11-31(28,29)13(2)18(30-3)19-23-9-15(21)10-24-19/h6-10,13,16,18H,4-5,11H2,1-3H3/t13-,18-/m0/s1. The Bertz CT molecular complexity index is 1180. The van der Waals surface area contributed by atoms with Crippen molar-refractivity contribution < 1.29 is 13.2 Å². The first-order valence-corrected chi connectivity index (χ1v) is 12.0. The summed E-state index contributed by atoms with van der Waals surface area (Å²) in [7, 11) is -2.23. The molecule has 3 aromatic rings. The van der Waals surface area contributed by atoms with Gasteiger partial charge in [0.25, 0.3) is 0 Å². The third kappa shape index (κ3) is 4.60. The van der Waals surface area contributed by atoms with Gasteiger partial charge in [-0.3, -0.25) is 4.98 Å². The minimum absolute atomic E-state index is 0.198. The Hall–Kier alpha value is -2.43. The van der Waals surface area contributed by atoms with Gasteiger partial charge in [0.1, 0.15) is 17.7 Å². The lowest BCUT2D eigenvalue weighted by atomic mass is 10.2. The predicted octanol–water partition coefficient (Wildman–Crippen LogP) is 3.12. The number of sulfone groups is 1. The molecular formula is C20H23ClN6O3S. The Labute approximate surface area is 185 Å². The van der Waals surface area contributed by atoms with Crippen LogP contribution in [0.15, 0.2) is 30.9 Å². The van der Waals surface area contributed by atoms with Crippen molar-refractivity contribution in [2.24, 2.45) is 0 Å². The van der Waals surface area contributed by atoms with Gasteiger partial charge in [-0.25, -0.2) is 18.4 Å². The van der Waals surface area contributed by atoms with Crippen LogP contribution < -0.4 is 0 Å². The van der Waals surface area contributed by atoms with Crippen molar-refractivity contribution >= 4 is 21.4 Å². The van der Waals surface area contributed by atoms with E-state index in [1.54, 1.807) is 19.3 Å². The van der Waals surface area contributed by atoms with E-state index in [1.165, 1.54) is 19.5 Å². The molecule has 1 fully saturated rings. The van der Waals surface area contributed by atoms with Gasteiger partial charge in [-0.05, 0) is 38.3 Å². The van der Waals surface area contributed by atoms with E-state index < -0.39 is 21.2 Å². The summed E-state index contributed by atoms with van der Waals surface area (Å²) in [5.74, 6) is 1.06. The summed E-state index contributed by atoms with van der Waals surface area (Å²) in [5, 5.41) is 8.01. The van der Waals surface area contributed by atoms with Crippen LogP contribution in [0.5, 0.6) is 0 Å². The highest BCUT2D eigenvalue weighted by Gasteiger charge is 2.36. The van der Waals surface area contributed by atoms with Crippen LogP contribution in [-0.4, -0.2) is 50.5 Å². The molecule has 0 aromatic carbocycles. The third-order valence-corrected chi connectivity index (χ3v) is 7.52. The van der Waals surface area contributed by atoms with Crippen molar-refractivity contribution in [2.45, 2.75) is 49.8 Å². The molecule has 3 aromatic heterocycles. The Balaban J connectivity index is 1.64. The van der Waals surface area contributed by atoms with E-state index in [-0.39, 0.29) is 17.6 Å². The molecular weight excluding hydrogens is 440 g/mol. The molecule has 11 heteroatoms. The van der Waals surface area contributed by atoms with Gasteiger partial charge in [-0.2, -0.15) is 0 Å². The molecule has 0 N–H and O–H groups in total. The van der Waals surface area contributed by atoms with Crippen LogP contribution >= 0.6 is 11.6 Å². The van der Waals surface area contributed by atoms with Crippen molar-refractivity contribution in [3.8, 4) is 11.4 Å². The SMILES string of the molecule is CO[C@H](c1ncc(Cl)cn1)[C@H](C)S(=O)(=O)Cc1nnc(-c2cncc(C)c2)n1C1CC1. The summed E-state index contributed by atoms with van der Waals surface area (Å²) < 4.78 is 33.9. The maximum Gasteiger partial charge on any atom is 0.165 e. The number of nitrogens with zero attached hydrogens (tertiary/aromatic N) is 6. The number of pyridine rings is 1. The molecule has 0 spiro atoms. The minimum Gasteiger partial charge on any atom is -0.372 e. The van der Waals surface area contributed by atoms with Crippen molar-refractivity contribution in [3.63, 3.8) is 0 Å². The number of aryl methyl sites for hydroxylation is 1. The van der Waals surface area contributed by atoms with E-state index in [0.717, 1.165) is 24.0 Å². The summed E-state index contributed by atoms with van der Waals surface area (Å²) >= 11 is 5.85. The van der Waals surface area contributed by atoms with Gasteiger partial charge in [0.05, 0.1) is 10.3 Å². The van der Waals surface area contributed by atoms with Crippen molar-refractivity contribution in [1.82, 2.24) is 29.7 Å². The molecule has 164 valence electrons. The number of rotatable bonds is 8. The van der Waals surface area contributed by atoms with Gasteiger partial charge in [0.2, 0.25) is 0 Å². The molecule has 0 saturated heterocycles. The van der Waals surface area contributed by atoms with Crippen LogP contribution in [-0.2, 0) is 20.3 Å². The van der Waals surface area contributed by atoms with Crippen molar-refractivity contribution in [2.75, 3.05) is 7.11 Å². The highest BCUT2D eigenvalue weighted by atomic mass is 35.5. The van der Waals surface area contributed by atoms with Gasteiger partial charge in [0, 0.05) is 43.5 Å². The Morgan fingerprint density at radius 3 is 2.52 bits per heavy atom. The Morgan fingerprint density at radius 1 is 1.19 bits per heavy atom. The summed E-state index contributed by atoms with van der Waals surface area (Å²) in [6.07, 6.45) is 7.41. The number of hydrogen-bond acceptors (Lipinski definition) is 8. The fraction of sp³-hybridized carbons (Fsp3) is 0.450. The van der Waals surface area contributed by atoms with E-state index in [1.807, 2.05) is 17.6 Å². The zero-order valence-corrected chi connectivity index (χ0v) is 19.0. The Morgan fingerprint density at radius 2 is 1.90 bits per heavy atom. The van der Waals surface area contributed by atoms with Gasteiger partial charge in [-0.1, -0.05) is 11.6 Å². The fourth-order valence-electron chi connectivity index (χ4n) is 3.49. The molecule has 0 radical (unpaired) electrons. The van der Waals surface area contributed by atoms with Gasteiger partial charge >= 0.3 is 0 Å². The quantitative estimate of drug-likeness (QED) is 0.501. The number of aromatic nitrogens is 6. The number of hydrogen-bond donors (Lipinski definition) is 0. The molecule has 0 amide bonds. The van der Waals surface area contributed by atoms with Crippen molar-refractivity contribution in [3.05, 3.63) is 53.1 Å². The molecule has 0 bridgehead atoms. The maximum absolute atomic E-state index is 13.3. The first-order valence-electron chi connectivity index (χ1n) is 9.87. The van der Waals surface area contributed by atoms with Gasteiger partial charge in [-0.15, -0.1) is 10.2 Å². The monoisotopic (exact) mass is 462 g/mol. The van der Waals surface area contributed by atoms with Crippen LogP contribution in [0, 0.1) is 6.92 Å². The van der Waals surface area contributed by atoms with Gasteiger partial charge < -0.3 is 9.30 Å². The van der Waals surface area contributed by atoms with Crippen LogP contribution in [0.3, 0.4) is 0 Å². The molecule has 0 unspecified atom stereocenters. The second-order valence-electron chi connectivity index (χ2n) is 7.72. The predicted molar refractivity (Wildman–Crippen MR) is 115 cm³/mol. The topological polar surface area (TPSA) is 113 Å². The minimum atomic E-state index is -3.67. The second kappa shape index (κ2) is 8.60. The van der Waals surface area contributed by atoms with Crippen LogP contribution in [0.25, 0.3) is 11.4 Å². The van der Waals surface area contributed by atoms with E-state index in [2.05, 4.69) is 25.1 Å². The molecule has 31 heavy (non-hydrogen) atoms. The summed E-state index contributed by atoms with van der Waals surface area (Å²) in [6, 6.07) is 2.17. The highest BCUT2D eigenvalue weighted by Crippen LogP contribution is 2.39. The first kappa shape index (κ1) is 21.8. The first-order chi connectivity index (χ1) is 14.8. The van der Waals surface area contributed by atoms with E-state index in [9.17, 15) is 8.42 Å². The molecule has 3 heterocycles.